The van der Waals surface area contributed by atoms with E-state index in [0.29, 0.717) is 17.2 Å². The number of carbonyl (C=O) groups is 1. The summed E-state index contributed by atoms with van der Waals surface area (Å²) in [4.78, 5) is 12.1. The van der Waals surface area contributed by atoms with Gasteiger partial charge >= 0.3 is 0 Å². The second-order valence-corrected chi connectivity index (χ2v) is 4.03. The van der Waals surface area contributed by atoms with Crippen LogP contribution in [0.25, 0.3) is 0 Å². The average Bonchev–Trinajstić information content (AvgIpc) is 2.47. The monoisotopic (exact) mass is 275 g/mol. The van der Waals surface area contributed by atoms with Gasteiger partial charge in [-0.1, -0.05) is 6.07 Å². The molecule has 0 spiro atoms. The molecule has 104 valence electrons. The Bertz CT molecular complexity index is 628. The van der Waals surface area contributed by atoms with Gasteiger partial charge in [0.15, 0.2) is 0 Å². The molecule has 0 radical (unpaired) electrons. The molecule has 0 atom stereocenters. The van der Waals surface area contributed by atoms with Crippen molar-refractivity contribution in [2.45, 2.75) is 0 Å². The predicted molar refractivity (Wildman–Crippen MR) is 73.9 cm³/mol. The Morgan fingerprint density at radius 1 is 1.10 bits per heavy atom. The van der Waals surface area contributed by atoms with Crippen molar-refractivity contribution in [1.29, 1.82) is 0 Å². The average molecular weight is 275 g/mol. The highest BCUT2D eigenvalue weighted by Gasteiger charge is 2.11. The van der Waals surface area contributed by atoms with Crippen molar-refractivity contribution in [1.82, 2.24) is 0 Å². The molecule has 1 amide bonds. The number of benzene rings is 2. The third kappa shape index (κ3) is 3.06. The number of hydrogen-bond acceptors (Lipinski definition) is 3. The third-order valence-electron chi connectivity index (χ3n) is 2.74. The summed E-state index contributed by atoms with van der Waals surface area (Å²) < 4.78 is 23.4. The first-order chi connectivity index (χ1) is 9.63. The lowest BCUT2D eigenvalue weighted by atomic mass is 10.2. The lowest BCUT2D eigenvalue weighted by Gasteiger charge is -2.11. The highest BCUT2D eigenvalue weighted by atomic mass is 19.1. The third-order valence-corrected chi connectivity index (χ3v) is 2.74. The molecule has 0 saturated carbocycles. The van der Waals surface area contributed by atoms with E-state index in [9.17, 15) is 9.18 Å². The minimum absolute atomic E-state index is 0.231. The first-order valence-corrected chi connectivity index (χ1v) is 5.93. The molecular formula is C15H14FNO3. The Morgan fingerprint density at radius 2 is 1.90 bits per heavy atom. The van der Waals surface area contributed by atoms with Gasteiger partial charge in [-0.2, -0.15) is 0 Å². The maximum absolute atomic E-state index is 13.1. The molecule has 0 bridgehead atoms. The fourth-order valence-electron chi connectivity index (χ4n) is 1.74. The molecule has 0 fully saturated rings. The second kappa shape index (κ2) is 6.06. The minimum Gasteiger partial charge on any atom is -0.497 e. The number of rotatable bonds is 4. The first kappa shape index (κ1) is 13.9. The van der Waals surface area contributed by atoms with E-state index in [0.717, 1.165) is 0 Å². The molecule has 4 nitrogen and oxygen atoms in total. The molecule has 2 aromatic rings. The Labute approximate surface area is 116 Å². The molecule has 2 rings (SSSR count). The molecule has 20 heavy (non-hydrogen) atoms. The van der Waals surface area contributed by atoms with Crippen LogP contribution in [0.2, 0.25) is 0 Å². The normalized spacial score (nSPS) is 9.95. The van der Waals surface area contributed by atoms with Gasteiger partial charge in [0, 0.05) is 11.6 Å². The summed E-state index contributed by atoms with van der Waals surface area (Å²) in [6.45, 7) is 0. The summed E-state index contributed by atoms with van der Waals surface area (Å²) in [6, 6.07) is 10.5. The van der Waals surface area contributed by atoms with Gasteiger partial charge in [-0.3, -0.25) is 4.79 Å². The van der Waals surface area contributed by atoms with Crippen LogP contribution in [0.15, 0.2) is 42.5 Å². The molecule has 0 aliphatic carbocycles. The molecule has 0 unspecified atom stereocenters. The van der Waals surface area contributed by atoms with Crippen molar-refractivity contribution in [3.8, 4) is 11.5 Å². The van der Waals surface area contributed by atoms with E-state index in [1.165, 1.54) is 38.5 Å². The van der Waals surface area contributed by atoms with Crippen molar-refractivity contribution in [2.75, 3.05) is 19.5 Å². The van der Waals surface area contributed by atoms with Gasteiger partial charge in [0.25, 0.3) is 5.91 Å². The number of anilines is 1. The van der Waals surface area contributed by atoms with Gasteiger partial charge in [0.05, 0.1) is 19.9 Å². The lowest BCUT2D eigenvalue weighted by molar-refractivity contribution is 0.102. The maximum Gasteiger partial charge on any atom is 0.255 e. The van der Waals surface area contributed by atoms with E-state index in [4.69, 9.17) is 9.47 Å². The zero-order chi connectivity index (χ0) is 14.5. The molecule has 0 aliphatic rings. The Balaban J connectivity index is 2.27. The smallest absolute Gasteiger partial charge is 0.255 e. The first-order valence-electron chi connectivity index (χ1n) is 5.93. The fourth-order valence-corrected chi connectivity index (χ4v) is 1.74. The summed E-state index contributed by atoms with van der Waals surface area (Å²) in [5, 5.41) is 2.67. The van der Waals surface area contributed by atoms with Crippen molar-refractivity contribution in [3.63, 3.8) is 0 Å². The molecule has 0 aromatic heterocycles. The van der Waals surface area contributed by atoms with Crippen molar-refractivity contribution in [2.24, 2.45) is 0 Å². The van der Waals surface area contributed by atoms with Crippen LogP contribution >= 0.6 is 0 Å². The Kier molecular flexibility index (Phi) is 4.20. The Morgan fingerprint density at radius 3 is 2.55 bits per heavy atom. The van der Waals surface area contributed by atoms with Crippen LogP contribution in [0.4, 0.5) is 10.1 Å². The standard InChI is InChI=1S/C15H14FNO3/c1-19-12-6-7-14(20-2)13(9-12)17-15(18)10-4-3-5-11(16)8-10/h3-9H,1-2H3,(H,17,18). The number of nitrogens with one attached hydrogen (secondary N) is 1. The molecule has 0 heterocycles. The van der Waals surface area contributed by atoms with E-state index >= 15 is 0 Å². The molecule has 0 aliphatic heterocycles. The van der Waals surface area contributed by atoms with Crippen LogP contribution in [0, 0.1) is 5.82 Å². The molecule has 5 heteroatoms. The maximum atomic E-state index is 13.1. The van der Waals surface area contributed by atoms with Crippen LogP contribution in [0.1, 0.15) is 10.4 Å². The summed E-state index contributed by atoms with van der Waals surface area (Å²) in [5.41, 5.74) is 0.691. The summed E-state index contributed by atoms with van der Waals surface area (Å²) in [6.07, 6.45) is 0. The van der Waals surface area contributed by atoms with E-state index in [2.05, 4.69) is 5.32 Å². The van der Waals surface area contributed by atoms with Crippen molar-refractivity contribution < 1.29 is 18.7 Å². The zero-order valence-corrected chi connectivity index (χ0v) is 11.1. The largest absolute Gasteiger partial charge is 0.497 e. The van der Waals surface area contributed by atoms with Crippen LogP contribution in [-0.4, -0.2) is 20.1 Å². The van der Waals surface area contributed by atoms with E-state index in [1.54, 1.807) is 18.2 Å². The summed E-state index contributed by atoms with van der Waals surface area (Å²) in [7, 11) is 3.03. The van der Waals surface area contributed by atoms with E-state index in [1.807, 2.05) is 0 Å². The number of ether oxygens (including phenoxy) is 2. The topological polar surface area (TPSA) is 47.6 Å². The minimum atomic E-state index is -0.463. The molecule has 0 saturated heterocycles. The van der Waals surface area contributed by atoms with E-state index < -0.39 is 11.7 Å². The van der Waals surface area contributed by atoms with Gasteiger partial charge in [0.2, 0.25) is 0 Å². The zero-order valence-electron chi connectivity index (χ0n) is 11.1. The molecular weight excluding hydrogens is 261 g/mol. The SMILES string of the molecule is COc1ccc(OC)c(NC(=O)c2cccc(F)c2)c1. The second-order valence-electron chi connectivity index (χ2n) is 4.03. The molecule has 1 N–H and O–H groups in total. The predicted octanol–water partition coefficient (Wildman–Crippen LogP) is 3.10. The van der Waals surface area contributed by atoms with Gasteiger partial charge in [-0.05, 0) is 30.3 Å². The summed E-state index contributed by atoms with van der Waals surface area (Å²) in [5.74, 6) is 0.196. The van der Waals surface area contributed by atoms with Crippen LogP contribution in [-0.2, 0) is 0 Å². The van der Waals surface area contributed by atoms with Gasteiger partial charge in [0.1, 0.15) is 17.3 Å². The Hall–Kier alpha value is -2.56. The highest BCUT2D eigenvalue weighted by Crippen LogP contribution is 2.29. The number of carbonyl (C=O) groups excluding carboxylic acids is 1. The van der Waals surface area contributed by atoms with Crippen LogP contribution < -0.4 is 14.8 Å². The van der Waals surface area contributed by atoms with Gasteiger partial charge in [-0.25, -0.2) is 4.39 Å². The number of halogens is 1. The van der Waals surface area contributed by atoms with Crippen molar-refractivity contribution in [3.05, 3.63) is 53.8 Å². The van der Waals surface area contributed by atoms with Crippen molar-refractivity contribution >= 4 is 11.6 Å². The van der Waals surface area contributed by atoms with E-state index in [-0.39, 0.29) is 5.56 Å². The van der Waals surface area contributed by atoms with Gasteiger partial charge < -0.3 is 14.8 Å². The quantitative estimate of drug-likeness (QED) is 0.932. The number of hydrogen-bond donors (Lipinski definition) is 1. The van der Waals surface area contributed by atoms with Crippen LogP contribution in [0.5, 0.6) is 11.5 Å². The molecule has 2 aromatic carbocycles. The van der Waals surface area contributed by atoms with Gasteiger partial charge in [-0.15, -0.1) is 0 Å². The lowest BCUT2D eigenvalue weighted by Crippen LogP contribution is -2.13. The highest BCUT2D eigenvalue weighted by molar-refractivity contribution is 6.05. The van der Waals surface area contributed by atoms with Crippen LogP contribution in [0.3, 0.4) is 0 Å². The summed E-state index contributed by atoms with van der Waals surface area (Å²) >= 11 is 0. The fraction of sp³-hybridized carbons (Fsp3) is 0.133. The number of methoxy groups -OCH3 is 2. The number of amides is 1.